The molecule has 0 radical (unpaired) electrons. The quantitative estimate of drug-likeness (QED) is 0.251. The minimum absolute atomic E-state index is 0.185. The van der Waals surface area contributed by atoms with Crippen LogP contribution in [0.1, 0.15) is 45.4 Å². The van der Waals surface area contributed by atoms with E-state index in [2.05, 4.69) is 84.9 Å². The van der Waals surface area contributed by atoms with Crippen molar-refractivity contribution in [3.8, 4) is 0 Å². The molecule has 1 saturated heterocycles. The van der Waals surface area contributed by atoms with Gasteiger partial charge in [-0.1, -0.05) is 86.7 Å². The second-order valence-corrected chi connectivity index (χ2v) is 12.2. The molecule has 4 rings (SSSR count). The Morgan fingerprint density at radius 2 is 1.45 bits per heavy atom. The Morgan fingerprint density at radius 3 is 2.05 bits per heavy atom. The van der Waals surface area contributed by atoms with Crippen molar-refractivity contribution >= 4 is 21.8 Å². The lowest BCUT2D eigenvalue weighted by atomic mass is 10.0. The number of rotatable bonds is 10. The first-order valence-corrected chi connectivity index (χ1v) is 14.6. The van der Waals surface area contributed by atoms with Crippen molar-refractivity contribution in [2.45, 2.75) is 53.6 Å². The zero-order valence-corrected chi connectivity index (χ0v) is 25.0. The van der Waals surface area contributed by atoms with Crippen LogP contribution in [0.5, 0.6) is 0 Å². The summed E-state index contributed by atoms with van der Waals surface area (Å²) in [6.07, 6.45) is 1.39. The van der Waals surface area contributed by atoms with Crippen LogP contribution in [0.25, 0.3) is 0 Å². The van der Waals surface area contributed by atoms with Crippen molar-refractivity contribution in [3.63, 3.8) is 0 Å². The molecule has 0 spiro atoms. The number of aryl methyl sites for hydroxylation is 4. The summed E-state index contributed by atoms with van der Waals surface area (Å²) in [6, 6.07) is 21.6. The van der Waals surface area contributed by atoms with Crippen LogP contribution in [0.2, 0.25) is 0 Å². The van der Waals surface area contributed by atoms with Crippen LogP contribution >= 0.6 is 15.9 Å². The van der Waals surface area contributed by atoms with E-state index in [0.29, 0.717) is 13.0 Å². The number of carbonyl (C=O) groups excluding carboxylic acids is 1. The SMILES string of the molecule is Cc1cc(C)cc(CN(CCC[N+]2(Cc3cc(C)cc(C)c3)CCOCC2)C(=O)Cc2cccc(Br)c2)c1. The van der Waals surface area contributed by atoms with Gasteiger partial charge < -0.3 is 14.1 Å². The molecule has 4 nitrogen and oxygen atoms in total. The molecule has 0 unspecified atom stereocenters. The van der Waals surface area contributed by atoms with E-state index >= 15 is 0 Å². The van der Waals surface area contributed by atoms with Gasteiger partial charge in [-0.15, -0.1) is 0 Å². The van der Waals surface area contributed by atoms with Crippen LogP contribution in [0.15, 0.2) is 65.1 Å². The highest BCUT2D eigenvalue weighted by Gasteiger charge is 2.31. The van der Waals surface area contributed by atoms with Crippen LogP contribution in [0.4, 0.5) is 0 Å². The van der Waals surface area contributed by atoms with Gasteiger partial charge in [0.05, 0.1) is 26.2 Å². The standard InChI is InChI=1S/C33H42BrN2O2/c1-25-15-26(2)18-30(17-25)23-35(33(37)22-29-7-5-8-32(34)21-29)9-6-10-36(11-13-38-14-12-36)24-31-19-27(3)16-28(4)20-31/h5,7-8,15-21H,6,9-14,22-24H2,1-4H3/q+1. The predicted molar refractivity (Wildman–Crippen MR) is 159 cm³/mol. The zero-order valence-electron chi connectivity index (χ0n) is 23.4. The molecule has 1 heterocycles. The molecule has 1 aliphatic heterocycles. The number of quaternary nitrogens is 1. The molecule has 0 aliphatic carbocycles. The number of hydrogen-bond acceptors (Lipinski definition) is 2. The molecule has 1 amide bonds. The van der Waals surface area contributed by atoms with Crippen LogP contribution < -0.4 is 0 Å². The van der Waals surface area contributed by atoms with Crippen molar-refractivity contribution in [3.05, 3.63) is 104 Å². The Morgan fingerprint density at radius 1 is 0.842 bits per heavy atom. The highest BCUT2D eigenvalue weighted by Crippen LogP contribution is 2.22. The van der Waals surface area contributed by atoms with Crippen molar-refractivity contribution in [1.82, 2.24) is 4.90 Å². The molecule has 5 heteroatoms. The number of amides is 1. The summed E-state index contributed by atoms with van der Waals surface area (Å²) in [4.78, 5) is 15.7. The molecule has 3 aromatic carbocycles. The monoisotopic (exact) mass is 577 g/mol. The largest absolute Gasteiger partial charge is 0.370 e. The van der Waals surface area contributed by atoms with Gasteiger partial charge in [-0.3, -0.25) is 4.79 Å². The topological polar surface area (TPSA) is 29.5 Å². The molecular formula is C33H42BrN2O2+. The van der Waals surface area contributed by atoms with E-state index in [-0.39, 0.29) is 5.91 Å². The Labute approximate surface area is 237 Å². The number of ether oxygens (including phenoxy) is 1. The summed E-state index contributed by atoms with van der Waals surface area (Å²) >= 11 is 3.55. The Balaban J connectivity index is 1.49. The smallest absolute Gasteiger partial charge is 0.227 e. The molecule has 202 valence electrons. The average molecular weight is 579 g/mol. The molecule has 0 bridgehead atoms. The summed E-state index contributed by atoms with van der Waals surface area (Å²) in [5.74, 6) is 0.185. The van der Waals surface area contributed by atoms with Crippen LogP contribution in [0, 0.1) is 27.7 Å². The number of hydrogen-bond donors (Lipinski definition) is 0. The van der Waals surface area contributed by atoms with Gasteiger partial charge in [0.1, 0.15) is 19.6 Å². The molecule has 0 aromatic heterocycles. The number of nitrogens with zero attached hydrogens (tertiary/aromatic N) is 2. The molecule has 1 fully saturated rings. The Kier molecular flexibility index (Phi) is 9.80. The van der Waals surface area contributed by atoms with Gasteiger partial charge in [-0.25, -0.2) is 0 Å². The van der Waals surface area contributed by atoms with E-state index in [0.717, 1.165) is 66.9 Å². The van der Waals surface area contributed by atoms with Crippen LogP contribution in [-0.4, -0.2) is 54.7 Å². The average Bonchev–Trinajstić information content (AvgIpc) is 2.83. The normalized spacial score (nSPS) is 14.9. The van der Waals surface area contributed by atoms with E-state index in [1.54, 1.807) is 0 Å². The maximum Gasteiger partial charge on any atom is 0.227 e. The fourth-order valence-corrected chi connectivity index (χ4v) is 6.39. The van der Waals surface area contributed by atoms with Gasteiger partial charge in [0.25, 0.3) is 0 Å². The fraction of sp³-hybridized carbons (Fsp3) is 0.424. The lowest BCUT2D eigenvalue weighted by molar-refractivity contribution is -0.947. The van der Waals surface area contributed by atoms with E-state index in [1.807, 2.05) is 24.3 Å². The molecule has 0 saturated carbocycles. The zero-order chi connectivity index (χ0) is 27.1. The predicted octanol–water partition coefficient (Wildman–Crippen LogP) is 6.69. The second-order valence-electron chi connectivity index (χ2n) is 11.3. The number of morpholine rings is 1. The maximum atomic E-state index is 13.6. The lowest BCUT2D eigenvalue weighted by Gasteiger charge is -2.42. The van der Waals surface area contributed by atoms with Crippen molar-refractivity contribution in [2.75, 3.05) is 39.4 Å². The first-order chi connectivity index (χ1) is 18.2. The van der Waals surface area contributed by atoms with E-state index in [1.165, 1.54) is 33.4 Å². The van der Waals surface area contributed by atoms with Crippen molar-refractivity contribution in [2.24, 2.45) is 0 Å². The molecule has 0 atom stereocenters. The van der Waals surface area contributed by atoms with Gasteiger partial charge in [0.15, 0.2) is 0 Å². The van der Waals surface area contributed by atoms with Crippen molar-refractivity contribution in [1.29, 1.82) is 0 Å². The number of carbonyl (C=O) groups is 1. The summed E-state index contributed by atoms with van der Waals surface area (Å²) in [5, 5.41) is 0. The van der Waals surface area contributed by atoms with Gasteiger partial charge in [-0.2, -0.15) is 0 Å². The third-order valence-corrected chi connectivity index (χ3v) is 8.03. The number of benzene rings is 3. The van der Waals surface area contributed by atoms with E-state index in [4.69, 9.17) is 4.74 Å². The third kappa shape index (κ3) is 8.26. The van der Waals surface area contributed by atoms with Gasteiger partial charge in [-0.05, 0) is 51.0 Å². The Hall–Kier alpha value is -2.47. The first kappa shape index (κ1) is 28.5. The number of halogens is 1. The molecule has 1 aliphatic rings. The summed E-state index contributed by atoms with van der Waals surface area (Å²) < 4.78 is 7.81. The van der Waals surface area contributed by atoms with Crippen LogP contribution in [0.3, 0.4) is 0 Å². The van der Waals surface area contributed by atoms with Crippen LogP contribution in [-0.2, 0) is 29.0 Å². The molecule has 38 heavy (non-hydrogen) atoms. The highest BCUT2D eigenvalue weighted by molar-refractivity contribution is 9.10. The summed E-state index contributed by atoms with van der Waals surface area (Å²) in [7, 11) is 0. The molecule has 0 N–H and O–H groups in total. The Bertz CT molecular complexity index is 1210. The first-order valence-electron chi connectivity index (χ1n) is 13.8. The van der Waals surface area contributed by atoms with Crippen molar-refractivity contribution < 1.29 is 14.0 Å². The highest BCUT2D eigenvalue weighted by atomic mass is 79.9. The maximum absolute atomic E-state index is 13.6. The van der Waals surface area contributed by atoms with Gasteiger partial charge in [0, 0.05) is 29.5 Å². The minimum Gasteiger partial charge on any atom is -0.370 e. The van der Waals surface area contributed by atoms with E-state index in [9.17, 15) is 4.79 Å². The van der Waals surface area contributed by atoms with Gasteiger partial charge >= 0.3 is 0 Å². The lowest BCUT2D eigenvalue weighted by Crippen LogP contribution is -2.55. The fourth-order valence-electron chi connectivity index (χ4n) is 5.94. The summed E-state index contributed by atoms with van der Waals surface area (Å²) in [5.41, 5.74) is 8.78. The molecule has 3 aromatic rings. The molecular weight excluding hydrogens is 536 g/mol. The van der Waals surface area contributed by atoms with E-state index < -0.39 is 0 Å². The third-order valence-electron chi connectivity index (χ3n) is 7.53. The summed E-state index contributed by atoms with van der Waals surface area (Å²) in [6.45, 7) is 15.8. The second kappa shape index (κ2) is 13.1. The van der Waals surface area contributed by atoms with Gasteiger partial charge in [0.2, 0.25) is 5.91 Å². The minimum atomic E-state index is 0.185.